The van der Waals surface area contributed by atoms with Crippen LogP contribution in [0, 0.1) is 5.92 Å². The number of nitrogens with zero attached hydrogens (tertiary/aromatic N) is 3. The molecule has 2 amide bonds. The van der Waals surface area contributed by atoms with E-state index in [4.69, 9.17) is 4.74 Å². The molecule has 1 aliphatic heterocycles. The van der Waals surface area contributed by atoms with Crippen LogP contribution in [0.3, 0.4) is 0 Å². The van der Waals surface area contributed by atoms with E-state index in [-0.39, 0.29) is 37.9 Å². The Morgan fingerprint density at radius 3 is 2.60 bits per heavy atom. The van der Waals surface area contributed by atoms with Crippen LogP contribution in [0.2, 0.25) is 0 Å². The minimum Gasteiger partial charge on any atom is -0.496 e. The average molecular weight is 499 g/mol. The highest BCUT2D eigenvalue weighted by atomic mass is 32.1. The quantitative estimate of drug-likeness (QED) is 0.513. The van der Waals surface area contributed by atoms with Crippen LogP contribution in [0.4, 0.5) is 0 Å². The van der Waals surface area contributed by atoms with Crippen molar-refractivity contribution >= 4 is 33.4 Å². The van der Waals surface area contributed by atoms with Crippen molar-refractivity contribution in [3.05, 3.63) is 62.1 Å². The van der Waals surface area contributed by atoms with Gasteiger partial charge in [0.05, 0.1) is 12.6 Å². The van der Waals surface area contributed by atoms with Crippen molar-refractivity contribution in [3.8, 4) is 5.75 Å². The first-order chi connectivity index (χ1) is 16.9. The molecule has 2 aromatic heterocycles. The smallest absolute Gasteiger partial charge is 0.332 e. The molecule has 0 radical (unpaired) electrons. The number of hydrogen-bond donors (Lipinski definition) is 1. The van der Waals surface area contributed by atoms with E-state index in [1.165, 1.54) is 15.9 Å². The number of fused-ring (bicyclic) bond motifs is 1. The lowest BCUT2D eigenvalue weighted by Crippen LogP contribution is -2.45. The highest BCUT2D eigenvalue weighted by Gasteiger charge is 2.23. The van der Waals surface area contributed by atoms with Crippen LogP contribution >= 0.6 is 11.3 Å². The fourth-order valence-electron chi connectivity index (χ4n) is 4.32. The number of aromatic nitrogens is 2. The molecular formula is C25H30N4O5S. The molecule has 0 aliphatic carbocycles. The van der Waals surface area contributed by atoms with Crippen LogP contribution in [-0.2, 0) is 29.2 Å². The van der Waals surface area contributed by atoms with E-state index in [2.05, 4.69) is 12.2 Å². The predicted octanol–water partition coefficient (Wildman–Crippen LogP) is 2.20. The van der Waals surface area contributed by atoms with Crippen LogP contribution in [0.25, 0.3) is 10.2 Å². The normalized spacial score (nSPS) is 14.3. The van der Waals surface area contributed by atoms with Crippen molar-refractivity contribution in [1.82, 2.24) is 19.4 Å². The monoisotopic (exact) mass is 498 g/mol. The van der Waals surface area contributed by atoms with Gasteiger partial charge in [0.15, 0.2) is 0 Å². The van der Waals surface area contributed by atoms with Gasteiger partial charge in [-0.25, -0.2) is 4.79 Å². The van der Waals surface area contributed by atoms with Crippen LogP contribution in [0.1, 0.15) is 31.7 Å². The van der Waals surface area contributed by atoms with Gasteiger partial charge in [0.2, 0.25) is 11.8 Å². The van der Waals surface area contributed by atoms with Crippen molar-refractivity contribution < 1.29 is 14.3 Å². The summed E-state index contributed by atoms with van der Waals surface area (Å²) in [6.45, 7) is 3.60. The standard InChI is InChI=1S/C25H30N4O5S/c1-17-7-11-27(12-8-17)22(31)16-29-19-10-14-35-23(19)24(32)28(25(29)33)13-9-21(30)26-15-18-5-3-4-6-20(18)34-2/h3-6,10,14,17H,7-9,11-13,15-16H2,1-2H3,(H,26,30). The number of nitrogens with one attached hydrogen (secondary N) is 1. The van der Waals surface area contributed by atoms with E-state index in [0.717, 1.165) is 23.0 Å². The molecule has 0 spiro atoms. The van der Waals surface area contributed by atoms with Gasteiger partial charge in [0.25, 0.3) is 5.56 Å². The molecule has 1 N–H and O–H groups in total. The minimum atomic E-state index is -0.572. The summed E-state index contributed by atoms with van der Waals surface area (Å²) in [5, 5.41) is 4.54. The first-order valence-corrected chi connectivity index (χ1v) is 12.6. The Bertz CT molecular complexity index is 1330. The zero-order chi connectivity index (χ0) is 24.9. The van der Waals surface area contributed by atoms with Gasteiger partial charge >= 0.3 is 5.69 Å². The lowest BCUT2D eigenvalue weighted by Gasteiger charge is -2.30. The van der Waals surface area contributed by atoms with Gasteiger partial charge in [-0.1, -0.05) is 25.1 Å². The zero-order valence-electron chi connectivity index (χ0n) is 20.0. The van der Waals surface area contributed by atoms with Gasteiger partial charge < -0.3 is 15.0 Å². The molecular weight excluding hydrogens is 468 g/mol. The summed E-state index contributed by atoms with van der Waals surface area (Å²) in [5.41, 5.74) is 0.277. The van der Waals surface area contributed by atoms with E-state index in [9.17, 15) is 19.2 Å². The van der Waals surface area contributed by atoms with Crippen molar-refractivity contribution in [2.75, 3.05) is 20.2 Å². The van der Waals surface area contributed by atoms with Crippen molar-refractivity contribution in [2.24, 2.45) is 5.92 Å². The van der Waals surface area contributed by atoms with Crippen LogP contribution in [-0.4, -0.2) is 46.0 Å². The molecule has 0 atom stereocenters. The first kappa shape index (κ1) is 24.7. The number of thiophene rings is 1. The highest BCUT2D eigenvalue weighted by molar-refractivity contribution is 7.17. The number of amides is 2. The van der Waals surface area contributed by atoms with Gasteiger partial charge in [0.1, 0.15) is 17.0 Å². The lowest BCUT2D eigenvalue weighted by atomic mass is 9.99. The maximum atomic E-state index is 13.3. The van der Waals surface area contributed by atoms with Gasteiger partial charge in [-0.3, -0.25) is 23.5 Å². The average Bonchev–Trinajstić information content (AvgIpc) is 3.36. The van der Waals surface area contributed by atoms with E-state index in [1.54, 1.807) is 23.5 Å². The molecule has 35 heavy (non-hydrogen) atoms. The number of rotatable bonds is 8. The van der Waals surface area contributed by atoms with Gasteiger partial charge in [0, 0.05) is 38.2 Å². The maximum Gasteiger partial charge on any atom is 0.332 e. The number of carbonyl (C=O) groups excluding carboxylic acids is 2. The third-order valence-electron chi connectivity index (χ3n) is 6.50. The van der Waals surface area contributed by atoms with Gasteiger partial charge in [-0.2, -0.15) is 0 Å². The molecule has 1 fully saturated rings. The Morgan fingerprint density at radius 2 is 1.86 bits per heavy atom. The highest BCUT2D eigenvalue weighted by Crippen LogP contribution is 2.19. The number of para-hydroxylation sites is 1. The second-order valence-corrected chi connectivity index (χ2v) is 9.78. The van der Waals surface area contributed by atoms with Crippen LogP contribution in [0.5, 0.6) is 5.75 Å². The number of likely N-dealkylation sites (tertiary alicyclic amines) is 1. The zero-order valence-corrected chi connectivity index (χ0v) is 20.8. The Morgan fingerprint density at radius 1 is 1.11 bits per heavy atom. The van der Waals surface area contributed by atoms with Gasteiger partial charge in [-0.05, 0) is 36.3 Å². The summed E-state index contributed by atoms with van der Waals surface area (Å²) in [7, 11) is 1.56. The molecule has 0 saturated carbocycles. The van der Waals surface area contributed by atoms with Crippen molar-refractivity contribution in [3.63, 3.8) is 0 Å². The van der Waals surface area contributed by atoms with Crippen molar-refractivity contribution in [2.45, 2.75) is 45.8 Å². The Kier molecular flexibility index (Phi) is 7.70. The molecule has 10 heteroatoms. The fraction of sp³-hybridized carbons (Fsp3) is 0.440. The van der Waals surface area contributed by atoms with E-state index in [1.807, 2.05) is 24.3 Å². The largest absolute Gasteiger partial charge is 0.496 e. The third kappa shape index (κ3) is 5.48. The second-order valence-electron chi connectivity index (χ2n) is 8.86. The molecule has 1 saturated heterocycles. The summed E-state index contributed by atoms with van der Waals surface area (Å²) in [5.74, 6) is 0.828. The molecule has 0 bridgehead atoms. The number of benzene rings is 1. The molecule has 3 aromatic rings. The number of hydrogen-bond acceptors (Lipinski definition) is 6. The summed E-state index contributed by atoms with van der Waals surface area (Å²) < 4.78 is 8.12. The summed E-state index contributed by atoms with van der Waals surface area (Å²) in [6.07, 6.45) is 1.84. The molecule has 9 nitrogen and oxygen atoms in total. The first-order valence-electron chi connectivity index (χ1n) is 11.8. The molecule has 1 aliphatic rings. The van der Waals surface area contributed by atoms with Gasteiger partial charge in [-0.15, -0.1) is 11.3 Å². The molecule has 186 valence electrons. The fourth-order valence-corrected chi connectivity index (χ4v) is 5.16. The van der Waals surface area contributed by atoms with Crippen LogP contribution < -0.4 is 21.3 Å². The number of ether oxygens (including phenoxy) is 1. The molecule has 3 heterocycles. The van der Waals surface area contributed by atoms with E-state index < -0.39 is 11.2 Å². The predicted molar refractivity (Wildman–Crippen MR) is 135 cm³/mol. The Labute approximate surface area is 206 Å². The Balaban J connectivity index is 1.49. The number of carbonyl (C=O) groups is 2. The maximum absolute atomic E-state index is 13.3. The molecule has 4 rings (SSSR count). The summed E-state index contributed by atoms with van der Waals surface area (Å²) in [4.78, 5) is 53.4. The number of methoxy groups -OCH3 is 1. The summed E-state index contributed by atoms with van der Waals surface area (Å²) in [6, 6.07) is 9.06. The third-order valence-corrected chi connectivity index (χ3v) is 7.39. The SMILES string of the molecule is COc1ccccc1CNC(=O)CCn1c(=O)c2sccc2n(CC(=O)N2CCC(C)CC2)c1=O. The van der Waals surface area contributed by atoms with E-state index >= 15 is 0 Å². The van der Waals surface area contributed by atoms with Crippen LogP contribution in [0.15, 0.2) is 45.3 Å². The molecule has 0 unspecified atom stereocenters. The van der Waals surface area contributed by atoms with E-state index in [0.29, 0.717) is 35.0 Å². The lowest BCUT2D eigenvalue weighted by molar-refractivity contribution is -0.133. The Hall–Kier alpha value is -3.40. The topological polar surface area (TPSA) is 103 Å². The number of piperidine rings is 1. The summed E-state index contributed by atoms with van der Waals surface area (Å²) >= 11 is 1.23. The van der Waals surface area contributed by atoms with Crippen molar-refractivity contribution in [1.29, 1.82) is 0 Å². The minimum absolute atomic E-state index is 0.0425. The second kappa shape index (κ2) is 10.9. The molecule has 1 aromatic carbocycles.